The van der Waals surface area contributed by atoms with Crippen LogP contribution in [0.4, 0.5) is 11.6 Å². The molecule has 172 valence electrons. The fourth-order valence-corrected chi connectivity index (χ4v) is 4.20. The van der Waals surface area contributed by atoms with Crippen molar-refractivity contribution in [1.82, 2.24) is 29.6 Å². The Hall–Kier alpha value is -4.11. The van der Waals surface area contributed by atoms with E-state index in [0.29, 0.717) is 12.5 Å². The molecule has 0 radical (unpaired) electrons. The first-order valence-electron chi connectivity index (χ1n) is 11.2. The molecule has 3 aromatic heterocycles. The van der Waals surface area contributed by atoms with Gasteiger partial charge in [0.25, 0.3) is 0 Å². The molecule has 0 aliphatic carbocycles. The zero-order chi connectivity index (χ0) is 23.5. The van der Waals surface area contributed by atoms with Gasteiger partial charge in [0.1, 0.15) is 5.69 Å². The molecule has 1 aromatic carbocycles. The first-order chi connectivity index (χ1) is 16.6. The SMILES string of the molecule is CCn1cc(-c2ccnc(Nc3ccc4c(c3)CCN(CC(=O)O)C4)n2)c(-c2cccnc2)n1. The minimum atomic E-state index is -0.796. The van der Waals surface area contributed by atoms with E-state index < -0.39 is 5.97 Å². The second kappa shape index (κ2) is 9.40. The van der Waals surface area contributed by atoms with Crippen molar-refractivity contribution in [2.75, 3.05) is 18.4 Å². The van der Waals surface area contributed by atoms with Gasteiger partial charge in [0.2, 0.25) is 5.95 Å². The number of nitrogens with zero attached hydrogens (tertiary/aromatic N) is 6. The number of carboxylic acid groups (broad SMARTS) is 1. The molecular formula is C25H25N7O2. The van der Waals surface area contributed by atoms with Crippen molar-refractivity contribution in [3.8, 4) is 22.5 Å². The number of hydrogen-bond acceptors (Lipinski definition) is 7. The molecule has 0 atom stereocenters. The van der Waals surface area contributed by atoms with E-state index >= 15 is 0 Å². The third-order valence-corrected chi connectivity index (χ3v) is 5.86. The van der Waals surface area contributed by atoms with E-state index in [1.807, 2.05) is 53.0 Å². The van der Waals surface area contributed by atoms with Crippen LogP contribution in [0.25, 0.3) is 22.5 Å². The summed E-state index contributed by atoms with van der Waals surface area (Å²) in [5.74, 6) is -0.294. The zero-order valence-electron chi connectivity index (χ0n) is 18.8. The normalized spacial score (nSPS) is 13.4. The summed E-state index contributed by atoms with van der Waals surface area (Å²) >= 11 is 0. The Balaban J connectivity index is 1.39. The Kier molecular flexibility index (Phi) is 6.01. The summed E-state index contributed by atoms with van der Waals surface area (Å²) in [4.78, 5) is 26.4. The summed E-state index contributed by atoms with van der Waals surface area (Å²) in [6, 6.07) is 11.9. The molecule has 0 saturated carbocycles. The number of carbonyl (C=O) groups is 1. The van der Waals surface area contributed by atoms with Crippen LogP contribution in [-0.2, 0) is 24.3 Å². The molecular weight excluding hydrogens is 430 g/mol. The fourth-order valence-electron chi connectivity index (χ4n) is 4.20. The molecule has 0 bridgehead atoms. The number of benzene rings is 1. The summed E-state index contributed by atoms with van der Waals surface area (Å²) in [7, 11) is 0. The van der Waals surface area contributed by atoms with Crippen LogP contribution in [0.2, 0.25) is 0 Å². The summed E-state index contributed by atoms with van der Waals surface area (Å²) in [5, 5.41) is 17.1. The smallest absolute Gasteiger partial charge is 0.317 e. The summed E-state index contributed by atoms with van der Waals surface area (Å²) in [6.07, 6.45) is 8.09. The van der Waals surface area contributed by atoms with E-state index in [0.717, 1.165) is 53.3 Å². The highest BCUT2D eigenvalue weighted by Gasteiger charge is 2.19. The highest BCUT2D eigenvalue weighted by atomic mass is 16.4. The molecule has 0 fully saturated rings. The van der Waals surface area contributed by atoms with Crippen molar-refractivity contribution in [2.45, 2.75) is 26.4 Å². The minimum absolute atomic E-state index is 0.0652. The standard InChI is InChI=1S/C25H25N7O2/c1-2-32-15-21(24(30-32)18-4-3-9-26-13-18)22-7-10-27-25(29-22)28-20-6-5-19-14-31(16-23(33)34)11-8-17(19)12-20/h3-7,9-10,12-13,15H,2,8,11,14,16H2,1H3,(H,33,34)(H,27,28,29). The Bertz CT molecular complexity index is 1320. The van der Waals surface area contributed by atoms with Crippen LogP contribution in [0.5, 0.6) is 0 Å². The molecule has 1 aliphatic rings. The molecule has 34 heavy (non-hydrogen) atoms. The lowest BCUT2D eigenvalue weighted by Crippen LogP contribution is -2.34. The van der Waals surface area contributed by atoms with Gasteiger partial charge in [-0.25, -0.2) is 9.97 Å². The number of pyridine rings is 1. The predicted octanol–water partition coefficient (Wildman–Crippen LogP) is 3.61. The maximum atomic E-state index is 11.0. The van der Waals surface area contributed by atoms with Crippen LogP contribution in [0.1, 0.15) is 18.1 Å². The fraction of sp³-hybridized carbons (Fsp3) is 0.240. The molecule has 0 spiro atoms. The van der Waals surface area contributed by atoms with Crippen LogP contribution in [0.15, 0.2) is 61.2 Å². The predicted molar refractivity (Wildman–Crippen MR) is 128 cm³/mol. The first-order valence-corrected chi connectivity index (χ1v) is 11.2. The monoisotopic (exact) mass is 455 g/mol. The van der Waals surface area contributed by atoms with Gasteiger partial charge in [-0.2, -0.15) is 5.10 Å². The molecule has 9 nitrogen and oxygen atoms in total. The first kappa shape index (κ1) is 21.7. The van der Waals surface area contributed by atoms with Gasteiger partial charge in [0.05, 0.1) is 12.2 Å². The third-order valence-electron chi connectivity index (χ3n) is 5.86. The van der Waals surface area contributed by atoms with Crippen LogP contribution >= 0.6 is 0 Å². The third kappa shape index (κ3) is 4.65. The van der Waals surface area contributed by atoms with Gasteiger partial charge in [-0.3, -0.25) is 19.4 Å². The molecule has 0 unspecified atom stereocenters. The van der Waals surface area contributed by atoms with Crippen molar-refractivity contribution in [2.24, 2.45) is 0 Å². The number of anilines is 2. The second-order valence-corrected chi connectivity index (χ2v) is 8.22. The number of aromatic nitrogens is 5. The quantitative estimate of drug-likeness (QED) is 0.435. The molecule has 4 heterocycles. The van der Waals surface area contributed by atoms with Crippen LogP contribution in [0.3, 0.4) is 0 Å². The molecule has 2 N–H and O–H groups in total. The molecule has 0 saturated heterocycles. The van der Waals surface area contributed by atoms with Crippen LogP contribution in [0, 0.1) is 0 Å². The average Bonchev–Trinajstić information content (AvgIpc) is 3.29. The molecule has 9 heteroatoms. The number of aliphatic carboxylic acids is 1. The van der Waals surface area contributed by atoms with Gasteiger partial charge in [-0.05, 0) is 54.8 Å². The molecule has 4 aromatic rings. The molecule has 1 aliphatic heterocycles. The maximum Gasteiger partial charge on any atom is 0.317 e. The number of carboxylic acids is 1. The van der Waals surface area contributed by atoms with Crippen molar-refractivity contribution in [3.63, 3.8) is 0 Å². The van der Waals surface area contributed by atoms with Gasteiger partial charge in [0.15, 0.2) is 0 Å². The van der Waals surface area contributed by atoms with E-state index in [9.17, 15) is 4.79 Å². The lowest BCUT2D eigenvalue weighted by Gasteiger charge is -2.27. The Morgan fingerprint density at radius 2 is 2.09 bits per heavy atom. The zero-order valence-corrected chi connectivity index (χ0v) is 18.8. The minimum Gasteiger partial charge on any atom is -0.480 e. The highest BCUT2D eigenvalue weighted by molar-refractivity contribution is 5.78. The molecule has 5 rings (SSSR count). The van der Waals surface area contributed by atoms with Crippen molar-refractivity contribution in [1.29, 1.82) is 0 Å². The van der Waals surface area contributed by atoms with Crippen molar-refractivity contribution >= 4 is 17.6 Å². The van der Waals surface area contributed by atoms with E-state index in [-0.39, 0.29) is 6.54 Å². The lowest BCUT2D eigenvalue weighted by atomic mass is 9.99. The lowest BCUT2D eigenvalue weighted by molar-refractivity contribution is -0.138. The maximum absolute atomic E-state index is 11.0. The Morgan fingerprint density at radius 1 is 1.18 bits per heavy atom. The summed E-state index contributed by atoms with van der Waals surface area (Å²) < 4.78 is 1.89. The number of nitrogens with one attached hydrogen (secondary N) is 1. The van der Waals surface area contributed by atoms with Gasteiger partial charge in [0, 0.05) is 61.2 Å². The Labute approximate surface area is 197 Å². The number of aryl methyl sites for hydroxylation is 1. The summed E-state index contributed by atoms with van der Waals surface area (Å²) in [6.45, 7) is 4.24. The van der Waals surface area contributed by atoms with Crippen LogP contribution < -0.4 is 5.32 Å². The van der Waals surface area contributed by atoms with E-state index in [1.165, 1.54) is 5.56 Å². The van der Waals surface area contributed by atoms with Gasteiger partial charge in [-0.1, -0.05) is 6.07 Å². The largest absolute Gasteiger partial charge is 0.480 e. The van der Waals surface area contributed by atoms with Gasteiger partial charge < -0.3 is 10.4 Å². The molecule has 0 amide bonds. The number of hydrogen-bond donors (Lipinski definition) is 2. The van der Waals surface area contributed by atoms with E-state index in [4.69, 9.17) is 15.2 Å². The van der Waals surface area contributed by atoms with Crippen LogP contribution in [-0.4, -0.2) is 53.8 Å². The summed E-state index contributed by atoms with van der Waals surface area (Å²) in [5.41, 5.74) is 6.73. The van der Waals surface area contributed by atoms with Crippen molar-refractivity contribution < 1.29 is 9.90 Å². The Morgan fingerprint density at radius 3 is 2.88 bits per heavy atom. The average molecular weight is 456 g/mol. The van der Waals surface area contributed by atoms with E-state index in [2.05, 4.69) is 21.4 Å². The van der Waals surface area contributed by atoms with Gasteiger partial charge >= 0.3 is 5.97 Å². The number of fused-ring (bicyclic) bond motifs is 1. The van der Waals surface area contributed by atoms with Gasteiger partial charge in [-0.15, -0.1) is 0 Å². The van der Waals surface area contributed by atoms with Crippen molar-refractivity contribution in [3.05, 3.63) is 72.3 Å². The highest BCUT2D eigenvalue weighted by Crippen LogP contribution is 2.30. The second-order valence-electron chi connectivity index (χ2n) is 8.22. The number of rotatable bonds is 7. The van der Waals surface area contributed by atoms with E-state index in [1.54, 1.807) is 18.6 Å². The topological polar surface area (TPSA) is 109 Å².